The molecular formula is C12H8F4N4O. The van der Waals surface area contributed by atoms with E-state index in [1.165, 1.54) is 0 Å². The molecule has 5 nitrogen and oxygen atoms in total. The SMILES string of the molecule is CC(=O)Nc1ncc(-c2cncc(F)c2)nc1C(F)(F)F. The van der Waals surface area contributed by atoms with Crippen molar-refractivity contribution in [2.24, 2.45) is 0 Å². The highest BCUT2D eigenvalue weighted by molar-refractivity contribution is 5.88. The minimum absolute atomic E-state index is 0.0439. The molecule has 0 unspecified atom stereocenters. The van der Waals surface area contributed by atoms with Gasteiger partial charge in [-0.25, -0.2) is 14.4 Å². The monoisotopic (exact) mass is 300 g/mol. The summed E-state index contributed by atoms with van der Waals surface area (Å²) in [6.45, 7) is 1.05. The van der Waals surface area contributed by atoms with Gasteiger partial charge >= 0.3 is 6.18 Å². The van der Waals surface area contributed by atoms with Gasteiger partial charge in [-0.3, -0.25) is 9.78 Å². The Labute approximate surface area is 116 Å². The molecule has 0 bridgehead atoms. The minimum Gasteiger partial charge on any atom is -0.309 e. The lowest BCUT2D eigenvalue weighted by Crippen LogP contribution is -2.17. The number of hydrogen-bond donors (Lipinski definition) is 1. The predicted molar refractivity (Wildman–Crippen MR) is 64.5 cm³/mol. The van der Waals surface area contributed by atoms with Crippen LogP contribution in [0.25, 0.3) is 11.3 Å². The van der Waals surface area contributed by atoms with Gasteiger partial charge in [-0.15, -0.1) is 0 Å². The van der Waals surface area contributed by atoms with Crippen molar-refractivity contribution in [2.45, 2.75) is 13.1 Å². The zero-order chi connectivity index (χ0) is 15.6. The van der Waals surface area contributed by atoms with Crippen molar-refractivity contribution in [1.29, 1.82) is 0 Å². The van der Waals surface area contributed by atoms with Gasteiger partial charge in [-0.2, -0.15) is 13.2 Å². The average molecular weight is 300 g/mol. The number of rotatable bonds is 2. The number of anilines is 1. The molecule has 1 N–H and O–H groups in total. The van der Waals surface area contributed by atoms with Crippen LogP contribution in [0.3, 0.4) is 0 Å². The van der Waals surface area contributed by atoms with Gasteiger partial charge in [0.15, 0.2) is 11.5 Å². The van der Waals surface area contributed by atoms with Crippen molar-refractivity contribution in [3.05, 3.63) is 36.2 Å². The van der Waals surface area contributed by atoms with E-state index in [0.29, 0.717) is 0 Å². The topological polar surface area (TPSA) is 67.8 Å². The predicted octanol–water partition coefficient (Wildman–Crippen LogP) is 2.65. The Balaban J connectivity index is 2.54. The normalized spacial score (nSPS) is 11.3. The molecule has 0 atom stereocenters. The molecule has 2 aromatic rings. The summed E-state index contributed by atoms with van der Waals surface area (Å²) in [5.74, 6) is -2.13. The zero-order valence-corrected chi connectivity index (χ0v) is 10.6. The number of alkyl halides is 3. The summed E-state index contributed by atoms with van der Waals surface area (Å²) in [4.78, 5) is 21.3. The number of amides is 1. The van der Waals surface area contributed by atoms with E-state index in [-0.39, 0.29) is 11.3 Å². The number of carbonyl (C=O) groups is 1. The van der Waals surface area contributed by atoms with Gasteiger partial charge in [-0.05, 0) is 6.07 Å². The first-order valence-corrected chi connectivity index (χ1v) is 5.60. The fraction of sp³-hybridized carbons (Fsp3) is 0.167. The van der Waals surface area contributed by atoms with Crippen LogP contribution in [0, 0.1) is 5.82 Å². The minimum atomic E-state index is -4.82. The molecule has 0 saturated carbocycles. The van der Waals surface area contributed by atoms with Crippen LogP contribution in [-0.4, -0.2) is 20.9 Å². The Morgan fingerprint density at radius 2 is 1.95 bits per heavy atom. The van der Waals surface area contributed by atoms with Crippen molar-refractivity contribution in [1.82, 2.24) is 15.0 Å². The van der Waals surface area contributed by atoms with Crippen LogP contribution in [0.2, 0.25) is 0 Å². The highest BCUT2D eigenvalue weighted by Gasteiger charge is 2.37. The maximum absolute atomic E-state index is 13.0. The molecule has 2 aromatic heterocycles. The summed E-state index contributed by atoms with van der Waals surface area (Å²) >= 11 is 0. The lowest BCUT2D eigenvalue weighted by Gasteiger charge is -2.12. The Hall–Kier alpha value is -2.58. The molecule has 9 heteroatoms. The van der Waals surface area contributed by atoms with E-state index in [0.717, 1.165) is 31.6 Å². The lowest BCUT2D eigenvalue weighted by molar-refractivity contribution is -0.140. The van der Waals surface area contributed by atoms with Gasteiger partial charge in [0, 0.05) is 18.7 Å². The molecule has 2 heterocycles. The molecule has 0 fully saturated rings. The average Bonchev–Trinajstić information content (AvgIpc) is 2.37. The van der Waals surface area contributed by atoms with E-state index in [2.05, 4.69) is 15.0 Å². The highest BCUT2D eigenvalue weighted by Crippen LogP contribution is 2.33. The van der Waals surface area contributed by atoms with E-state index in [9.17, 15) is 22.4 Å². The summed E-state index contributed by atoms with van der Waals surface area (Å²) in [7, 11) is 0. The van der Waals surface area contributed by atoms with Gasteiger partial charge in [0.2, 0.25) is 5.91 Å². The van der Waals surface area contributed by atoms with Gasteiger partial charge < -0.3 is 5.32 Å². The van der Waals surface area contributed by atoms with Gasteiger partial charge in [0.1, 0.15) is 5.82 Å². The van der Waals surface area contributed by atoms with Gasteiger partial charge in [0.05, 0.1) is 18.1 Å². The van der Waals surface area contributed by atoms with Crippen LogP contribution in [0.1, 0.15) is 12.6 Å². The first-order valence-electron chi connectivity index (χ1n) is 5.60. The van der Waals surface area contributed by atoms with Crippen molar-refractivity contribution >= 4 is 11.7 Å². The van der Waals surface area contributed by atoms with Crippen LogP contribution in [0.15, 0.2) is 24.7 Å². The molecule has 0 radical (unpaired) electrons. The number of halogens is 4. The van der Waals surface area contributed by atoms with Crippen molar-refractivity contribution in [3.63, 3.8) is 0 Å². The maximum atomic E-state index is 13.0. The fourth-order valence-corrected chi connectivity index (χ4v) is 1.54. The quantitative estimate of drug-likeness (QED) is 0.866. The van der Waals surface area contributed by atoms with E-state index in [1.54, 1.807) is 0 Å². The molecule has 0 saturated heterocycles. The number of carbonyl (C=O) groups excluding carboxylic acids is 1. The fourth-order valence-electron chi connectivity index (χ4n) is 1.54. The second kappa shape index (κ2) is 5.43. The molecule has 110 valence electrons. The second-order valence-corrected chi connectivity index (χ2v) is 4.02. The maximum Gasteiger partial charge on any atom is 0.437 e. The first kappa shape index (κ1) is 14.8. The number of hydrogen-bond acceptors (Lipinski definition) is 4. The van der Waals surface area contributed by atoms with Crippen LogP contribution >= 0.6 is 0 Å². The summed E-state index contributed by atoms with van der Waals surface area (Å²) in [5, 5.41) is 1.95. The summed E-state index contributed by atoms with van der Waals surface area (Å²) < 4.78 is 51.8. The van der Waals surface area contributed by atoms with Crippen molar-refractivity contribution in [2.75, 3.05) is 5.32 Å². The Morgan fingerprint density at radius 3 is 2.52 bits per heavy atom. The molecule has 1 amide bonds. The molecule has 2 rings (SSSR count). The molecular weight excluding hydrogens is 292 g/mol. The first-order chi connectivity index (χ1) is 9.77. The van der Waals surface area contributed by atoms with E-state index in [1.807, 2.05) is 5.32 Å². The Bertz CT molecular complexity index is 687. The van der Waals surface area contributed by atoms with E-state index in [4.69, 9.17) is 0 Å². The lowest BCUT2D eigenvalue weighted by atomic mass is 10.2. The molecule has 0 aliphatic rings. The number of pyridine rings is 1. The smallest absolute Gasteiger partial charge is 0.309 e. The van der Waals surface area contributed by atoms with E-state index >= 15 is 0 Å². The molecule has 0 aromatic carbocycles. The highest BCUT2D eigenvalue weighted by atomic mass is 19.4. The summed E-state index contributed by atoms with van der Waals surface area (Å²) in [6.07, 6.45) is -1.75. The number of aromatic nitrogens is 3. The molecule has 0 spiro atoms. The van der Waals surface area contributed by atoms with Crippen LogP contribution in [-0.2, 0) is 11.0 Å². The molecule has 0 aliphatic carbocycles. The Morgan fingerprint density at radius 1 is 1.24 bits per heavy atom. The van der Waals surface area contributed by atoms with Gasteiger partial charge in [0.25, 0.3) is 0 Å². The van der Waals surface area contributed by atoms with Crippen LogP contribution in [0.4, 0.5) is 23.4 Å². The largest absolute Gasteiger partial charge is 0.437 e. The number of nitrogens with zero attached hydrogens (tertiary/aromatic N) is 3. The van der Waals surface area contributed by atoms with Crippen LogP contribution < -0.4 is 5.32 Å². The zero-order valence-electron chi connectivity index (χ0n) is 10.6. The third-order valence-electron chi connectivity index (χ3n) is 2.34. The summed E-state index contributed by atoms with van der Waals surface area (Å²) in [5.41, 5.74) is -1.52. The third kappa shape index (κ3) is 3.50. The van der Waals surface area contributed by atoms with Crippen LogP contribution in [0.5, 0.6) is 0 Å². The third-order valence-corrected chi connectivity index (χ3v) is 2.34. The van der Waals surface area contributed by atoms with Crippen molar-refractivity contribution < 1.29 is 22.4 Å². The van der Waals surface area contributed by atoms with Crippen molar-refractivity contribution in [3.8, 4) is 11.3 Å². The number of nitrogens with one attached hydrogen (secondary N) is 1. The second-order valence-electron chi connectivity index (χ2n) is 4.02. The standard InChI is InChI=1S/C12H8F4N4O/c1-6(21)19-11-10(12(14,15)16)20-9(5-18-11)7-2-8(13)4-17-3-7/h2-5H,1H3,(H,18,19,21). The van der Waals surface area contributed by atoms with Gasteiger partial charge in [-0.1, -0.05) is 0 Å². The van der Waals surface area contributed by atoms with E-state index < -0.39 is 29.4 Å². The molecule has 21 heavy (non-hydrogen) atoms. The molecule has 0 aliphatic heterocycles. The Kier molecular flexibility index (Phi) is 3.83. The summed E-state index contributed by atoms with van der Waals surface area (Å²) in [6, 6.07) is 0.981.